The van der Waals surface area contributed by atoms with Gasteiger partial charge in [-0.05, 0) is 11.4 Å². The Morgan fingerprint density at radius 2 is 1.81 bits per heavy atom. The number of rotatable bonds is 2. The molecule has 1 aromatic heterocycles. The Morgan fingerprint density at radius 3 is 2.38 bits per heavy atom. The Morgan fingerprint density at radius 1 is 1.19 bits per heavy atom. The van der Waals surface area contributed by atoms with Crippen molar-refractivity contribution < 1.29 is 19.1 Å². The van der Waals surface area contributed by atoms with Gasteiger partial charge in [0.05, 0.1) is 12.8 Å². The van der Waals surface area contributed by atoms with E-state index in [0.717, 1.165) is 0 Å². The summed E-state index contributed by atoms with van der Waals surface area (Å²) in [5, 5.41) is 4.43. The summed E-state index contributed by atoms with van der Waals surface area (Å²) in [7, 11) is 1.30. The first-order valence-corrected chi connectivity index (χ1v) is 7.38. The highest BCUT2D eigenvalue weighted by atomic mass is 32.1. The van der Waals surface area contributed by atoms with E-state index in [0.29, 0.717) is 36.7 Å². The van der Waals surface area contributed by atoms with Crippen LogP contribution in [0.5, 0.6) is 0 Å². The summed E-state index contributed by atoms with van der Waals surface area (Å²) in [6.07, 6.45) is 0. The fourth-order valence-corrected chi connectivity index (χ4v) is 2.84. The lowest BCUT2D eigenvalue weighted by molar-refractivity contribution is -0.130. The van der Waals surface area contributed by atoms with Gasteiger partial charge in [-0.25, -0.2) is 9.59 Å². The summed E-state index contributed by atoms with van der Waals surface area (Å²) in [6.45, 7) is 3.52. The van der Waals surface area contributed by atoms with E-state index in [1.165, 1.54) is 25.4 Å². The van der Waals surface area contributed by atoms with Gasteiger partial charge in [-0.3, -0.25) is 4.79 Å². The molecule has 2 rings (SSSR count). The van der Waals surface area contributed by atoms with E-state index in [1.54, 1.807) is 21.2 Å². The molecule has 0 bridgehead atoms. The first-order chi connectivity index (χ1) is 10.0. The van der Waals surface area contributed by atoms with Crippen molar-refractivity contribution in [3.63, 3.8) is 0 Å². The highest BCUT2D eigenvalue weighted by Gasteiger charge is 2.24. The molecule has 0 aliphatic carbocycles. The van der Waals surface area contributed by atoms with Crippen LogP contribution >= 0.6 is 11.3 Å². The fraction of sp³-hybridized carbons (Fsp3) is 0.462. The van der Waals surface area contributed by atoms with Gasteiger partial charge >= 0.3 is 12.0 Å². The third kappa shape index (κ3) is 3.52. The van der Waals surface area contributed by atoms with Crippen LogP contribution in [0.2, 0.25) is 0 Å². The molecule has 0 saturated carbocycles. The van der Waals surface area contributed by atoms with Crippen molar-refractivity contribution >= 4 is 34.9 Å². The number of hydrogen-bond acceptors (Lipinski definition) is 5. The van der Waals surface area contributed by atoms with E-state index in [2.05, 4.69) is 10.1 Å². The van der Waals surface area contributed by atoms with Gasteiger partial charge in [0.1, 0.15) is 4.88 Å². The molecule has 0 aromatic carbocycles. The zero-order chi connectivity index (χ0) is 15.4. The van der Waals surface area contributed by atoms with Gasteiger partial charge in [-0.1, -0.05) is 0 Å². The third-order valence-corrected chi connectivity index (χ3v) is 4.18. The number of piperazine rings is 1. The van der Waals surface area contributed by atoms with Crippen LogP contribution < -0.4 is 5.32 Å². The predicted molar refractivity (Wildman–Crippen MR) is 78.5 cm³/mol. The SMILES string of the molecule is COC(=O)c1sccc1NC(=O)N1CCN(C(C)=O)CC1. The number of thiophene rings is 1. The molecule has 114 valence electrons. The van der Waals surface area contributed by atoms with Crippen LogP contribution in [0.15, 0.2) is 11.4 Å². The van der Waals surface area contributed by atoms with E-state index >= 15 is 0 Å². The molecule has 1 N–H and O–H groups in total. The average molecular weight is 311 g/mol. The Labute approximate surface area is 126 Å². The molecule has 1 aliphatic heterocycles. The normalized spacial score (nSPS) is 14.8. The van der Waals surface area contributed by atoms with Crippen LogP contribution in [0.4, 0.5) is 10.5 Å². The number of methoxy groups -OCH3 is 1. The number of anilines is 1. The number of urea groups is 1. The van der Waals surface area contributed by atoms with Crippen LogP contribution in [-0.4, -0.2) is 61.0 Å². The van der Waals surface area contributed by atoms with Crippen molar-refractivity contribution in [3.05, 3.63) is 16.3 Å². The minimum absolute atomic E-state index is 0.0147. The van der Waals surface area contributed by atoms with Crippen LogP contribution in [0, 0.1) is 0 Å². The van der Waals surface area contributed by atoms with Gasteiger partial charge in [-0.15, -0.1) is 11.3 Å². The molecule has 1 aromatic rings. The minimum Gasteiger partial charge on any atom is -0.465 e. The van der Waals surface area contributed by atoms with Crippen molar-refractivity contribution in [2.24, 2.45) is 0 Å². The molecule has 1 aliphatic rings. The number of esters is 1. The highest BCUT2D eigenvalue weighted by molar-refractivity contribution is 7.12. The highest BCUT2D eigenvalue weighted by Crippen LogP contribution is 2.23. The number of carbonyl (C=O) groups is 3. The van der Waals surface area contributed by atoms with Crippen molar-refractivity contribution in [2.75, 3.05) is 38.6 Å². The molecule has 2 heterocycles. The molecule has 0 radical (unpaired) electrons. The summed E-state index contributed by atoms with van der Waals surface area (Å²) in [6, 6.07) is 1.39. The van der Waals surface area contributed by atoms with Gasteiger partial charge in [0.25, 0.3) is 0 Å². The van der Waals surface area contributed by atoms with E-state index in [-0.39, 0.29) is 11.9 Å². The first kappa shape index (κ1) is 15.3. The summed E-state index contributed by atoms with van der Waals surface area (Å²) in [5.74, 6) is -0.456. The molecule has 3 amide bonds. The third-order valence-electron chi connectivity index (χ3n) is 3.29. The fourth-order valence-electron chi connectivity index (χ4n) is 2.08. The Balaban J connectivity index is 1.95. The van der Waals surface area contributed by atoms with Crippen molar-refractivity contribution in [1.82, 2.24) is 9.80 Å². The lowest BCUT2D eigenvalue weighted by Crippen LogP contribution is -2.51. The van der Waals surface area contributed by atoms with Crippen molar-refractivity contribution in [3.8, 4) is 0 Å². The Bertz CT molecular complexity index is 549. The van der Waals surface area contributed by atoms with Crippen LogP contribution in [0.25, 0.3) is 0 Å². The number of carbonyl (C=O) groups excluding carboxylic acids is 3. The molecule has 0 unspecified atom stereocenters. The zero-order valence-electron chi connectivity index (χ0n) is 11.9. The molecule has 0 atom stereocenters. The van der Waals surface area contributed by atoms with Crippen molar-refractivity contribution in [2.45, 2.75) is 6.92 Å². The second-order valence-electron chi connectivity index (χ2n) is 4.58. The number of nitrogens with zero attached hydrogens (tertiary/aromatic N) is 2. The smallest absolute Gasteiger partial charge is 0.350 e. The van der Waals surface area contributed by atoms with Crippen LogP contribution in [-0.2, 0) is 9.53 Å². The summed E-state index contributed by atoms with van der Waals surface area (Å²) >= 11 is 1.21. The molecular weight excluding hydrogens is 294 g/mol. The Hall–Kier alpha value is -2.09. The molecule has 8 heteroatoms. The van der Waals surface area contributed by atoms with Crippen LogP contribution in [0.3, 0.4) is 0 Å². The van der Waals surface area contributed by atoms with E-state index in [1.807, 2.05) is 0 Å². The molecule has 7 nitrogen and oxygen atoms in total. The summed E-state index contributed by atoms with van der Waals surface area (Å²) in [4.78, 5) is 38.7. The largest absolute Gasteiger partial charge is 0.465 e. The van der Waals surface area contributed by atoms with Gasteiger partial charge in [0, 0.05) is 33.1 Å². The number of ether oxygens (including phenoxy) is 1. The second kappa shape index (κ2) is 6.57. The quantitative estimate of drug-likeness (QED) is 0.833. The van der Waals surface area contributed by atoms with Crippen LogP contribution in [0.1, 0.15) is 16.6 Å². The van der Waals surface area contributed by atoms with E-state index in [9.17, 15) is 14.4 Å². The maximum atomic E-state index is 12.2. The average Bonchev–Trinajstić information content (AvgIpc) is 2.94. The zero-order valence-corrected chi connectivity index (χ0v) is 12.7. The van der Waals surface area contributed by atoms with E-state index < -0.39 is 5.97 Å². The number of amides is 3. The maximum Gasteiger partial charge on any atom is 0.350 e. The van der Waals surface area contributed by atoms with Crippen molar-refractivity contribution in [1.29, 1.82) is 0 Å². The lowest BCUT2D eigenvalue weighted by atomic mass is 10.3. The summed E-state index contributed by atoms with van der Waals surface area (Å²) < 4.78 is 4.67. The monoisotopic (exact) mass is 311 g/mol. The topological polar surface area (TPSA) is 79.0 Å². The maximum absolute atomic E-state index is 12.2. The van der Waals surface area contributed by atoms with Gasteiger partial charge in [0.2, 0.25) is 5.91 Å². The van der Waals surface area contributed by atoms with Gasteiger partial charge in [-0.2, -0.15) is 0 Å². The number of hydrogen-bond donors (Lipinski definition) is 1. The molecule has 1 saturated heterocycles. The minimum atomic E-state index is -0.471. The second-order valence-corrected chi connectivity index (χ2v) is 5.49. The molecule has 1 fully saturated rings. The number of nitrogens with one attached hydrogen (secondary N) is 1. The molecule has 0 spiro atoms. The predicted octanol–water partition coefficient (Wildman–Crippen LogP) is 1.23. The van der Waals surface area contributed by atoms with E-state index in [4.69, 9.17) is 0 Å². The first-order valence-electron chi connectivity index (χ1n) is 6.50. The molecule has 21 heavy (non-hydrogen) atoms. The molecular formula is C13H17N3O4S. The lowest BCUT2D eigenvalue weighted by Gasteiger charge is -2.34. The standard InChI is InChI=1S/C13H17N3O4S/c1-9(17)15-4-6-16(7-5-15)13(19)14-10-3-8-21-11(10)12(18)20-2/h3,8H,4-7H2,1-2H3,(H,14,19). The van der Waals surface area contributed by atoms with Gasteiger partial charge in [0.15, 0.2) is 0 Å². The Kier molecular flexibility index (Phi) is 4.79. The summed E-state index contributed by atoms with van der Waals surface area (Å²) in [5.41, 5.74) is 0.450. The van der Waals surface area contributed by atoms with Gasteiger partial charge < -0.3 is 19.9 Å².